The van der Waals surface area contributed by atoms with Crippen LogP contribution in [0.3, 0.4) is 0 Å². The lowest BCUT2D eigenvalue weighted by atomic mass is 9.52. The molecule has 252 valence electrons. The molecule has 2 aromatic rings. The van der Waals surface area contributed by atoms with E-state index in [9.17, 15) is 9.59 Å². The number of carbonyl (C=O) groups excluding carboxylic acids is 2. The summed E-state index contributed by atoms with van der Waals surface area (Å²) in [4.78, 5) is 27.7. The van der Waals surface area contributed by atoms with Gasteiger partial charge in [-0.15, -0.1) is 0 Å². The monoisotopic (exact) mass is 632 g/mol. The molecule has 3 aliphatic rings. The summed E-state index contributed by atoms with van der Waals surface area (Å²) in [5.74, 6) is -1.69. The standard InChI is InChI=1S/C40H60N2O4/c1-3-41(25-13-7-14-26-41)29-17-19-31-45-39(43)37-35(33-21-9-5-10-22-33)38(36(37)34-23-11-6-12-24-34)40(44)46-32-20-18-30-42(4-2)27-15-8-16-28-42/h5-6,9-12,21-24,35-38H,3-4,7-8,13-20,25-32H2,1-2H3/q+2. The summed E-state index contributed by atoms with van der Waals surface area (Å²) >= 11 is 0. The largest absolute Gasteiger partial charge is 0.465 e. The van der Waals surface area contributed by atoms with Gasteiger partial charge in [0.2, 0.25) is 0 Å². The molecule has 46 heavy (non-hydrogen) atoms. The highest BCUT2D eigenvalue weighted by Crippen LogP contribution is 2.58. The number of nitrogens with zero attached hydrogens (tertiary/aromatic N) is 2. The second-order valence-corrected chi connectivity index (χ2v) is 14.5. The molecule has 0 N–H and O–H groups in total. The van der Waals surface area contributed by atoms with Crippen LogP contribution in [0.4, 0.5) is 0 Å². The van der Waals surface area contributed by atoms with Crippen LogP contribution < -0.4 is 0 Å². The van der Waals surface area contributed by atoms with E-state index < -0.39 is 11.8 Å². The van der Waals surface area contributed by atoms with Gasteiger partial charge in [-0.1, -0.05) is 60.7 Å². The molecule has 0 spiro atoms. The second-order valence-electron chi connectivity index (χ2n) is 14.5. The van der Waals surface area contributed by atoms with E-state index >= 15 is 0 Å². The molecule has 3 fully saturated rings. The first-order chi connectivity index (χ1) is 22.5. The molecule has 6 heteroatoms. The van der Waals surface area contributed by atoms with E-state index in [-0.39, 0.29) is 23.8 Å². The van der Waals surface area contributed by atoms with Crippen molar-refractivity contribution in [2.45, 2.75) is 89.9 Å². The summed E-state index contributed by atoms with van der Waals surface area (Å²) < 4.78 is 14.5. The summed E-state index contributed by atoms with van der Waals surface area (Å²) in [6, 6.07) is 20.1. The average Bonchev–Trinajstić information content (AvgIpc) is 3.09. The number of hydrogen-bond acceptors (Lipinski definition) is 4. The van der Waals surface area contributed by atoms with E-state index in [4.69, 9.17) is 9.47 Å². The fraction of sp³-hybridized carbons (Fsp3) is 0.650. The van der Waals surface area contributed by atoms with Gasteiger partial charge in [-0.3, -0.25) is 9.59 Å². The fourth-order valence-electron chi connectivity index (χ4n) is 8.91. The number of piperidine rings is 2. The Bertz CT molecular complexity index is 1100. The molecule has 0 radical (unpaired) electrons. The Labute approximate surface area is 278 Å². The van der Waals surface area contributed by atoms with Gasteiger partial charge < -0.3 is 18.4 Å². The van der Waals surface area contributed by atoms with Crippen LogP contribution in [0.5, 0.6) is 0 Å². The molecule has 1 aliphatic carbocycles. The van der Waals surface area contributed by atoms with Gasteiger partial charge in [0.25, 0.3) is 0 Å². The third-order valence-corrected chi connectivity index (χ3v) is 11.9. The highest BCUT2D eigenvalue weighted by molar-refractivity contribution is 5.85. The maximum Gasteiger partial charge on any atom is 0.310 e. The minimum atomic E-state index is -0.411. The van der Waals surface area contributed by atoms with Crippen molar-refractivity contribution in [3.8, 4) is 0 Å². The molecular formula is C40H60N2O4+2. The molecule has 2 heterocycles. The second kappa shape index (κ2) is 16.9. The SMILES string of the molecule is CC[N+]1(CCCCOC(=O)C2C(c3ccccc3)C(C(=O)OCCCC[N+]3(CC)CCCCC3)C2c2ccccc2)CCCCC1. The Morgan fingerprint density at radius 3 is 1.28 bits per heavy atom. The molecular weight excluding hydrogens is 572 g/mol. The number of benzene rings is 2. The molecule has 0 aromatic heterocycles. The first kappa shape index (κ1) is 34.6. The predicted molar refractivity (Wildman–Crippen MR) is 184 cm³/mol. The van der Waals surface area contributed by atoms with E-state index in [1.54, 1.807) is 0 Å². The van der Waals surface area contributed by atoms with E-state index in [1.165, 1.54) is 99.8 Å². The third-order valence-electron chi connectivity index (χ3n) is 11.9. The molecule has 0 bridgehead atoms. The number of quaternary nitrogens is 2. The Balaban J connectivity index is 1.21. The zero-order chi connectivity index (χ0) is 32.2. The van der Waals surface area contributed by atoms with Gasteiger partial charge in [0.1, 0.15) is 0 Å². The molecule has 1 saturated carbocycles. The number of rotatable bonds is 16. The van der Waals surface area contributed by atoms with Gasteiger partial charge in [0, 0.05) is 11.8 Å². The van der Waals surface area contributed by atoms with E-state index in [2.05, 4.69) is 13.8 Å². The van der Waals surface area contributed by atoms with Crippen LogP contribution in [0.2, 0.25) is 0 Å². The number of ether oxygens (including phenoxy) is 2. The van der Waals surface area contributed by atoms with Crippen LogP contribution in [-0.4, -0.2) is 86.5 Å². The number of likely N-dealkylation sites (tertiary alicyclic amines) is 2. The van der Waals surface area contributed by atoms with Gasteiger partial charge in [-0.05, 0) is 89.2 Å². The summed E-state index contributed by atoms with van der Waals surface area (Å²) in [7, 11) is 0. The van der Waals surface area contributed by atoms with E-state index in [0.29, 0.717) is 13.2 Å². The molecule has 5 rings (SSSR count). The lowest BCUT2D eigenvalue weighted by molar-refractivity contribution is -0.931. The van der Waals surface area contributed by atoms with Crippen LogP contribution in [0.1, 0.15) is 101 Å². The summed E-state index contributed by atoms with van der Waals surface area (Å²) in [6.45, 7) is 15.4. The van der Waals surface area contributed by atoms with Gasteiger partial charge in [-0.2, -0.15) is 0 Å². The molecule has 2 aliphatic heterocycles. The first-order valence-corrected chi connectivity index (χ1v) is 18.6. The first-order valence-electron chi connectivity index (χ1n) is 18.6. The van der Waals surface area contributed by atoms with Crippen LogP contribution in [-0.2, 0) is 19.1 Å². The minimum absolute atomic E-state index is 0.181. The van der Waals surface area contributed by atoms with E-state index in [1.807, 2.05) is 60.7 Å². The maximum absolute atomic E-state index is 13.9. The molecule has 0 atom stereocenters. The average molecular weight is 633 g/mol. The topological polar surface area (TPSA) is 52.6 Å². The molecule has 6 nitrogen and oxygen atoms in total. The van der Waals surface area contributed by atoms with Gasteiger partial charge in [0.15, 0.2) is 0 Å². The van der Waals surface area contributed by atoms with Gasteiger partial charge >= 0.3 is 11.9 Å². The number of unbranched alkanes of at least 4 members (excludes halogenated alkanes) is 2. The van der Waals surface area contributed by atoms with E-state index in [0.717, 1.165) is 36.8 Å². The zero-order valence-corrected chi connectivity index (χ0v) is 28.8. The molecule has 0 unspecified atom stereocenters. The number of hydrogen-bond donors (Lipinski definition) is 0. The Morgan fingerprint density at radius 2 is 0.935 bits per heavy atom. The van der Waals surface area contributed by atoms with Crippen molar-refractivity contribution in [3.05, 3.63) is 71.8 Å². The number of carbonyl (C=O) groups is 2. The van der Waals surface area contributed by atoms with Crippen molar-refractivity contribution in [3.63, 3.8) is 0 Å². The van der Waals surface area contributed by atoms with Crippen molar-refractivity contribution >= 4 is 11.9 Å². The zero-order valence-electron chi connectivity index (χ0n) is 28.8. The normalized spacial score (nSPS) is 25.3. The highest BCUT2D eigenvalue weighted by atomic mass is 16.5. The minimum Gasteiger partial charge on any atom is -0.465 e. The summed E-state index contributed by atoms with van der Waals surface area (Å²) in [5, 5.41) is 0. The number of esters is 2. The van der Waals surface area contributed by atoms with Crippen molar-refractivity contribution in [2.24, 2.45) is 11.8 Å². The summed E-state index contributed by atoms with van der Waals surface area (Å²) in [6.07, 6.45) is 11.9. The third kappa shape index (κ3) is 8.41. The lowest BCUT2D eigenvalue weighted by Gasteiger charge is -2.49. The quantitative estimate of drug-likeness (QED) is 0.109. The maximum atomic E-state index is 13.9. The Morgan fingerprint density at radius 1 is 0.565 bits per heavy atom. The lowest BCUT2D eigenvalue weighted by Crippen LogP contribution is -2.52. The molecule has 0 amide bonds. The van der Waals surface area contributed by atoms with Gasteiger partial charge in [0.05, 0.1) is 77.4 Å². The van der Waals surface area contributed by atoms with Gasteiger partial charge in [-0.25, -0.2) is 0 Å². The molecule has 2 saturated heterocycles. The van der Waals surface area contributed by atoms with Crippen LogP contribution in [0.25, 0.3) is 0 Å². The fourth-order valence-corrected chi connectivity index (χ4v) is 8.91. The van der Waals surface area contributed by atoms with Crippen LogP contribution in [0, 0.1) is 11.8 Å². The van der Waals surface area contributed by atoms with Crippen LogP contribution >= 0.6 is 0 Å². The van der Waals surface area contributed by atoms with Crippen LogP contribution in [0.15, 0.2) is 60.7 Å². The Hall–Kier alpha value is -2.70. The Kier molecular flexibility index (Phi) is 12.7. The van der Waals surface area contributed by atoms with Crippen molar-refractivity contribution in [2.75, 3.05) is 65.6 Å². The molecule has 2 aromatic carbocycles. The van der Waals surface area contributed by atoms with Crippen molar-refractivity contribution in [1.82, 2.24) is 0 Å². The highest BCUT2D eigenvalue weighted by Gasteiger charge is 2.59. The predicted octanol–water partition coefficient (Wildman–Crippen LogP) is 7.49. The van der Waals surface area contributed by atoms with Crippen molar-refractivity contribution < 1.29 is 28.0 Å². The summed E-state index contributed by atoms with van der Waals surface area (Å²) in [5.41, 5.74) is 2.02. The smallest absolute Gasteiger partial charge is 0.310 e. The van der Waals surface area contributed by atoms with Crippen molar-refractivity contribution in [1.29, 1.82) is 0 Å².